The maximum atomic E-state index is 13.6. The zero-order valence-corrected chi connectivity index (χ0v) is 21.8. The Morgan fingerprint density at radius 3 is 2.60 bits per heavy atom. The van der Waals surface area contributed by atoms with E-state index in [0.29, 0.717) is 53.8 Å². The standard InChI is InChI=1S/C27H23FN6O5S/c28-19-7-3-17(4-8-19)23-24(34-14-15-39-27(34)32-23)22-11-12-29-26(31-22)30-20-2-1-13-33(16-20)40(37,38)21-9-5-18(6-10-21)25(35)36/h3-12,14-15,20H,1-2,13,16H2,(H,35,36)(H,29,30,31)/t20-/m1/s1. The fourth-order valence-electron chi connectivity index (χ4n) is 4.78. The Labute approximate surface area is 228 Å². The lowest BCUT2D eigenvalue weighted by atomic mass is 10.1. The lowest BCUT2D eigenvalue weighted by Gasteiger charge is -2.32. The van der Waals surface area contributed by atoms with E-state index in [-0.39, 0.29) is 28.9 Å². The zero-order chi connectivity index (χ0) is 27.9. The number of piperidine rings is 1. The van der Waals surface area contributed by atoms with Gasteiger partial charge < -0.3 is 14.8 Å². The molecule has 5 aromatic rings. The van der Waals surface area contributed by atoms with Crippen molar-refractivity contribution < 1.29 is 27.1 Å². The first-order chi connectivity index (χ1) is 19.3. The summed E-state index contributed by atoms with van der Waals surface area (Å²) in [5.74, 6) is -0.812. The molecule has 3 aromatic heterocycles. The van der Waals surface area contributed by atoms with Crippen LogP contribution in [0.3, 0.4) is 0 Å². The van der Waals surface area contributed by atoms with Crippen LogP contribution in [-0.4, -0.2) is 62.3 Å². The molecule has 0 unspecified atom stereocenters. The van der Waals surface area contributed by atoms with Gasteiger partial charge in [0.15, 0.2) is 0 Å². The number of benzene rings is 2. The average molecular weight is 563 g/mol. The summed E-state index contributed by atoms with van der Waals surface area (Å²) in [5.41, 5.74) is 2.45. The molecule has 1 aliphatic rings. The van der Waals surface area contributed by atoms with Crippen LogP contribution in [0.2, 0.25) is 0 Å². The average Bonchev–Trinajstić information content (AvgIpc) is 3.55. The number of oxazole rings is 1. The van der Waals surface area contributed by atoms with E-state index in [2.05, 4.69) is 15.3 Å². The van der Waals surface area contributed by atoms with E-state index in [1.807, 2.05) is 0 Å². The molecular formula is C27H23FN6O5S. The van der Waals surface area contributed by atoms with Gasteiger partial charge in [0.2, 0.25) is 16.0 Å². The molecule has 0 radical (unpaired) electrons. The van der Waals surface area contributed by atoms with E-state index in [4.69, 9.17) is 14.5 Å². The molecule has 40 heavy (non-hydrogen) atoms. The van der Waals surface area contributed by atoms with Crippen LogP contribution in [0.5, 0.6) is 0 Å². The van der Waals surface area contributed by atoms with Crippen molar-refractivity contribution in [3.8, 4) is 22.6 Å². The van der Waals surface area contributed by atoms with Crippen molar-refractivity contribution in [3.05, 3.63) is 84.6 Å². The second-order valence-electron chi connectivity index (χ2n) is 9.31. The summed E-state index contributed by atoms with van der Waals surface area (Å²) < 4.78 is 48.7. The SMILES string of the molecule is O=C(O)c1ccc(S(=O)(=O)N2CCC[C@@H](Nc3nccc(-c4c(-c5ccc(F)cc5)nc5occn45)n3)C2)cc1. The van der Waals surface area contributed by atoms with Gasteiger partial charge in [-0.3, -0.25) is 4.40 Å². The Morgan fingerprint density at radius 1 is 1.07 bits per heavy atom. The van der Waals surface area contributed by atoms with Crippen molar-refractivity contribution in [1.29, 1.82) is 0 Å². The van der Waals surface area contributed by atoms with Gasteiger partial charge in [-0.25, -0.2) is 27.6 Å². The first kappa shape index (κ1) is 25.6. The largest absolute Gasteiger partial charge is 0.478 e. The Morgan fingerprint density at radius 2 is 1.85 bits per heavy atom. The van der Waals surface area contributed by atoms with Crippen molar-refractivity contribution in [2.24, 2.45) is 0 Å². The number of aromatic carboxylic acids is 1. The number of halogens is 1. The van der Waals surface area contributed by atoms with E-state index in [9.17, 15) is 17.6 Å². The highest BCUT2D eigenvalue weighted by Gasteiger charge is 2.31. The van der Waals surface area contributed by atoms with Crippen LogP contribution in [0.4, 0.5) is 10.3 Å². The third kappa shape index (κ3) is 4.80. The van der Waals surface area contributed by atoms with E-state index in [0.717, 1.165) is 0 Å². The number of nitrogens with zero attached hydrogens (tertiary/aromatic N) is 5. The highest BCUT2D eigenvalue weighted by molar-refractivity contribution is 7.89. The zero-order valence-electron chi connectivity index (χ0n) is 20.9. The number of nitrogens with one attached hydrogen (secondary N) is 1. The first-order valence-corrected chi connectivity index (χ1v) is 13.9. The fraction of sp³-hybridized carbons (Fsp3) is 0.185. The summed E-state index contributed by atoms with van der Waals surface area (Å²) >= 11 is 0. The van der Waals surface area contributed by atoms with Crippen molar-refractivity contribution in [2.75, 3.05) is 18.4 Å². The minimum atomic E-state index is -3.82. The number of carbonyl (C=O) groups is 1. The monoisotopic (exact) mass is 562 g/mol. The predicted octanol–water partition coefficient (Wildman–Crippen LogP) is 4.15. The second kappa shape index (κ2) is 10.2. The molecular weight excluding hydrogens is 539 g/mol. The number of fused-ring (bicyclic) bond motifs is 1. The molecule has 0 bridgehead atoms. The van der Waals surface area contributed by atoms with E-state index in [1.54, 1.807) is 35.0 Å². The molecule has 2 N–H and O–H groups in total. The molecule has 4 heterocycles. The van der Waals surface area contributed by atoms with Crippen LogP contribution >= 0.6 is 0 Å². The van der Waals surface area contributed by atoms with Crippen LogP contribution < -0.4 is 5.32 Å². The highest BCUT2D eigenvalue weighted by Crippen LogP contribution is 2.33. The van der Waals surface area contributed by atoms with Gasteiger partial charge in [0.05, 0.1) is 16.2 Å². The number of anilines is 1. The maximum Gasteiger partial charge on any atom is 0.335 e. The minimum absolute atomic E-state index is 0.0163. The van der Waals surface area contributed by atoms with Crippen LogP contribution in [0, 0.1) is 5.82 Å². The Kier molecular flexibility index (Phi) is 6.52. The molecule has 2 aromatic carbocycles. The number of hydrogen-bond donors (Lipinski definition) is 2. The van der Waals surface area contributed by atoms with Gasteiger partial charge in [-0.15, -0.1) is 0 Å². The minimum Gasteiger partial charge on any atom is -0.478 e. The fourth-order valence-corrected chi connectivity index (χ4v) is 6.30. The summed E-state index contributed by atoms with van der Waals surface area (Å²) in [6.07, 6.45) is 6.15. The molecule has 0 aliphatic carbocycles. The number of sulfonamides is 1. The lowest BCUT2D eigenvalue weighted by molar-refractivity contribution is 0.0696. The van der Waals surface area contributed by atoms with E-state index >= 15 is 0 Å². The molecule has 1 atom stereocenters. The van der Waals surface area contributed by atoms with Crippen LogP contribution in [0.15, 0.2) is 82.6 Å². The molecule has 204 valence electrons. The van der Waals surface area contributed by atoms with Crippen LogP contribution in [0.1, 0.15) is 23.2 Å². The number of imidazole rings is 1. The molecule has 0 spiro atoms. The Hall–Kier alpha value is -4.62. The van der Waals surface area contributed by atoms with Crippen molar-refractivity contribution >= 4 is 27.8 Å². The maximum absolute atomic E-state index is 13.6. The third-order valence-electron chi connectivity index (χ3n) is 6.73. The molecule has 13 heteroatoms. The molecule has 11 nitrogen and oxygen atoms in total. The summed E-state index contributed by atoms with van der Waals surface area (Å²) in [6.45, 7) is 0.535. The van der Waals surface area contributed by atoms with E-state index in [1.165, 1.54) is 47.0 Å². The van der Waals surface area contributed by atoms with Gasteiger partial charge >= 0.3 is 11.8 Å². The number of carboxylic acid groups (broad SMARTS) is 1. The van der Waals surface area contributed by atoms with Gasteiger partial charge in [-0.2, -0.15) is 9.29 Å². The Balaban J connectivity index is 1.25. The van der Waals surface area contributed by atoms with Gasteiger partial charge in [0.1, 0.15) is 23.5 Å². The molecule has 6 rings (SSSR count). The summed E-state index contributed by atoms with van der Waals surface area (Å²) in [4.78, 5) is 24.8. The molecule has 1 fully saturated rings. The molecule has 1 aliphatic heterocycles. The topological polar surface area (TPSA) is 143 Å². The van der Waals surface area contributed by atoms with Gasteiger partial charge in [0, 0.05) is 37.1 Å². The van der Waals surface area contributed by atoms with Crippen LogP contribution in [-0.2, 0) is 10.0 Å². The van der Waals surface area contributed by atoms with Crippen LogP contribution in [0.25, 0.3) is 28.5 Å². The quantitative estimate of drug-likeness (QED) is 0.299. The van der Waals surface area contributed by atoms with Gasteiger partial charge in [-0.05, 0) is 67.4 Å². The number of rotatable bonds is 7. The van der Waals surface area contributed by atoms with Gasteiger partial charge in [0.25, 0.3) is 0 Å². The normalized spacial score (nSPS) is 16.3. The van der Waals surface area contributed by atoms with Crippen molar-refractivity contribution in [3.63, 3.8) is 0 Å². The molecule has 0 saturated carbocycles. The van der Waals surface area contributed by atoms with E-state index < -0.39 is 16.0 Å². The lowest BCUT2D eigenvalue weighted by Crippen LogP contribution is -2.45. The number of carboxylic acids is 1. The third-order valence-corrected chi connectivity index (χ3v) is 8.61. The highest BCUT2D eigenvalue weighted by atomic mass is 32.2. The molecule has 0 amide bonds. The summed E-state index contributed by atoms with van der Waals surface area (Å²) in [5, 5.41) is 12.4. The number of aromatic nitrogens is 4. The van der Waals surface area contributed by atoms with Crippen molar-refractivity contribution in [2.45, 2.75) is 23.8 Å². The number of hydrogen-bond acceptors (Lipinski definition) is 8. The smallest absolute Gasteiger partial charge is 0.335 e. The van der Waals surface area contributed by atoms with Gasteiger partial charge in [-0.1, -0.05) is 0 Å². The summed E-state index contributed by atoms with van der Waals surface area (Å²) in [6, 6.07) is 12.6. The Bertz CT molecular complexity index is 1800. The predicted molar refractivity (Wildman–Crippen MR) is 143 cm³/mol. The first-order valence-electron chi connectivity index (χ1n) is 12.4. The second-order valence-corrected chi connectivity index (χ2v) is 11.3. The van der Waals surface area contributed by atoms with Crippen molar-refractivity contribution in [1.82, 2.24) is 23.7 Å². The molecule has 1 saturated heterocycles. The summed E-state index contributed by atoms with van der Waals surface area (Å²) in [7, 11) is -3.82.